The molecule has 0 fully saturated rings. The smallest absolute Gasteiger partial charge is 0.0701 e. The molecule has 0 saturated carbocycles. The van der Waals surface area contributed by atoms with Crippen LogP contribution in [-0.4, -0.2) is 0 Å². The van der Waals surface area contributed by atoms with Crippen LogP contribution >= 0.6 is 0 Å². The third-order valence-corrected chi connectivity index (χ3v) is 4.44. The molecule has 1 nitrogen and oxygen atoms in total. The quantitative estimate of drug-likeness (QED) is 0.759. The van der Waals surface area contributed by atoms with Gasteiger partial charge in [-0.05, 0) is 34.6 Å². The van der Waals surface area contributed by atoms with Crippen LogP contribution in [0, 0.1) is 0 Å². The molecule has 0 saturated heterocycles. The molecule has 0 radical (unpaired) electrons. The zero-order valence-electron chi connectivity index (χ0n) is 14.4. The third kappa shape index (κ3) is 3.24. The maximum atomic E-state index is 3.59. The van der Waals surface area contributed by atoms with Crippen molar-refractivity contribution in [3.8, 4) is 0 Å². The Hall–Kier alpha value is -2.28. The fourth-order valence-corrected chi connectivity index (χ4v) is 3.23. The molecule has 1 heterocycles. The molecule has 2 aromatic carbocycles. The zero-order valence-corrected chi connectivity index (χ0v) is 14.4. The van der Waals surface area contributed by atoms with Crippen LogP contribution in [0.25, 0.3) is 5.57 Å². The average molecular weight is 303 g/mol. The molecule has 1 aliphatic rings. The van der Waals surface area contributed by atoms with Gasteiger partial charge in [-0.25, -0.2) is 0 Å². The molecular weight excluding hydrogens is 278 g/mol. The monoisotopic (exact) mass is 303 g/mol. The van der Waals surface area contributed by atoms with Gasteiger partial charge in [-0.3, -0.25) is 0 Å². The third-order valence-electron chi connectivity index (χ3n) is 4.44. The molecule has 3 rings (SSSR count). The van der Waals surface area contributed by atoms with Gasteiger partial charge in [0, 0.05) is 11.8 Å². The minimum Gasteiger partial charge on any atom is -0.380 e. The fraction of sp³-hybridized carbons (Fsp3) is 0.273. The van der Waals surface area contributed by atoms with Crippen LogP contribution in [0.2, 0.25) is 0 Å². The van der Waals surface area contributed by atoms with E-state index in [-0.39, 0.29) is 11.5 Å². The Bertz CT molecular complexity index is 745. The zero-order chi connectivity index (χ0) is 16.4. The van der Waals surface area contributed by atoms with Crippen molar-refractivity contribution in [2.75, 3.05) is 0 Å². The van der Waals surface area contributed by atoms with E-state index in [4.69, 9.17) is 0 Å². The Balaban J connectivity index is 1.94. The van der Waals surface area contributed by atoms with Crippen LogP contribution in [-0.2, 0) is 5.41 Å². The molecule has 1 aliphatic heterocycles. The summed E-state index contributed by atoms with van der Waals surface area (Å²) in [6.45, 7) is 9.02. The number of hydrogen-bond acceptors (Lipinski definition) is 1. The van der Waals surface area contributed by atoms with Gasteiger partial charge in [0.05, 0.1) is 6.04 Å². The standard InChI is InChI=1S/C22H25N/c1-16-14-21(18-12-8-9-13-20(18)22(2,3)4)23-15-19(16)17-10-6-5-7-11-17/h5-15,21,23H,1-4H3. The summed E-state index contributed by atoms with van der Waals surface area (Å²) in [6, 6.07) is 19.5. The van der Waals surface area contributed by atoms with Crippen molar-refractivity contribution in [1.29, 1.82) is 0 Å². The second-order valence-corrected chi connectivity index (χ2v) is 7.26. The first-order valence-electron chi connectivity index (χ1n) is 8.26. The Morgan fingerprint density at radius 2 is 1.52 bits per heavy atom. The maximum absolute atomic E-state index is 3.59. The highest BCUT2D eigenvalue weighted by Crippen LogP contribution is 2.34. The maximum Gasteiger partial charge on any atom is 0.0701 e. The van der Waals surface area contributed by atoms with E-state index in [0.29, 0.717) is 0 Å². The van der Waals surface area contributed by atoms with Crippen molar-refractivity contribution >= 4 is 5.57 Å². The van der Waals surface area contributed by atoms with Crippen molar-refractivity contribution in [2.24, 2.45) is 0 Å². The molecule has 2 aromatic rings. The Labute approximate surface area is 139 Å². The lowest BCUT2D eigenvalue weighted by molar-refractivity contribution is 0.572. The van der Waals surface area contributed by atoms with Gasteiger partial charge in [-0.15, -0.1) is 0 Å². The Kier molecular flexibility index (Phi) is 4.12. The first-order valence-corrected chi connectivity index (χ1v) is 8.26. The van der Waals surface area contributed by atoms with Crippen LogP contribution in [0.3, 0.4) is 0 Å². The molecule has 1 heteroatoms. The number of hydrogen-bond donors (Lipinski definition) is 1. The van der Waals surface area contributed by atoms with Crippen molar-refractivity contribution in [3.63, 3.8) is 0 Å². The van der Waals surface area contributed by atoms with Gasteiger partial charge in [0.1, 0.15) is 0 Å². The van der Waals surface area contributed by atoms with E-state index in [0.717, 1.165) is 0 Å². The van der Waals surface area contributed by atoms with Gasteiger partial charge in [0.25, 0.3) is 0 Å². The molecule has 0 aromatic heterocycles. The van der Waals surface area contributed by atoms with E-state index in [1.807, 2.05) is 0 Å². The van der Waals surface area contributed by atoms with E-state index in [2.05, 4.69) is 99.9 Å². The lowest BCUT2D eigenvalue weighted by Gasteiger charge is -2.29. The van der Waals surface area contributed by atoms with Crippen molar-refractivity contribution in [2.45, 2.75) is 39.2 Å². The Morgan fingerprint density at radius 3 is 2.17 bits per heavy atom. The van der Waals surface area contributed by atoms with E-state index in [1.54, 1.807) is 0 Å². The van der Waals surface area contributed by atoms with E-state index >= 15 is 0 Å². The number of allylic oxidation sites excluding steroid dienone is 2. The molecule has 0 amide bonds. The van der Waals surface area contributed by atoms with E-state index in [1.165, 1.54) is 27.8 Å². The van der Waals surface area contributed by atoms with Gasteiger partial charge < -0.3 is 5.32 Å². The molecule has 118 valence electrons. The van der Waals surface area contributed by atoms with Crippen LogP contribution in [0.1, 0.15) is 50.4 Å². The largest absolute Gasteiger partial charge is 0.380 e. The first-order chi connectivity index (χ1) is 11.0. The predicted molar refractivity (Wildman–Crippen MR) is 99.2 cm³/mol. The molecule has 0 bridgehead atoms. The predicted octanol–water partition coefficient (Wildman–Crippen LogP) is 5.62. The molecular formula is C22H25N. The average Bonchev–Trinajstić information content (AvgIpc) is 2.55. The summed E-state index contributed by atoms with van der Waals surface area (Å²) in [5, 5.41) is 3.59. The molecule has 0 aliphatic carbocycles. The molecule has 23 heavy (non-hydrogen) atoms. The minimum absolute atomic E-state index is 0.142. The van der Waals surface area contributed by atoms with Crippen LogP contribution in [0.5, 0.6) is 0 Å². The number of dihydropyridines is 1. The highest BCUT2D eigenvalue weighted by atomic mass is 14.9. The molecule has 1 N–H and O–H groups in total. The van der Waals surface area contributed by atoms with Gasteiger partial charge in [-0.1, -0.05) is 81.4 Å². The summed E-state index contributed by atoms with van der Waals surface area (Å²) in [6.07, 6.45) is 4.50. The summed E-state index contributed by atoms with van der Waals surface area (Å²) in [7, 11) is 0. The number of rotatable bonds is 2. The fourth-order valence-electron chi connectivity index (χ4n) is 3.23. The minimum atomic E-state index is 0.142. The van der Waals surface area contributed by atoms with Crippen LogP contribution in [0.4, 0.5) is 0 Å². The number of nitrogens with one attached hydrogen (secondary N) is 1. The summed E-state index contributed by atoms with van der Waals surface area (Å²) in [4.78, 5) is 0. The van der Waals surface area contributed by atoms with E-state index < -0.39 is 0 Å². The first kappa shape index (κ1) is 15.6. The molecule has 1 unspecified atom stereocenters. The highest BCUT2D eigenvalue weighted by molar-refractivity contribution is 5.79. The SMILES string of the molecule is CC1=CC(c2ccccc2C(C)(C)C)NC=C1c1ccccc1. The van der Waals surface area contributed by atoms with Crippen molar-refractivity contribution < 1.29 is 0 Å². The summed E-state index contributed by atoms with van der Waals surface area (Å²) in [5.74, 6) is 0. The summed E-state index contributed by atoms with van der Waals surface area (Å²) >= 11 is 0. The second kappa shape index (κ2) is 6.08. The van der Waals surface area contributed by atoms with Crippen LogP contribution < -0.4 is 5.32 Å². The van der Waals surface area contributed by atoms with Gasteiger partial charge in [0.2, 0.25) is 0 Å². The summed E-state index contributed by atoms with van der Waals surface area (Å²) in [5.41, 5.74) is 6.76. The molecule has 1 atom stereocenters. The number of benzene rings is 2. The van der Waals surface area contributed by atoms with Crippen molar-refractivity contribution in [1.82, 2.24) is 5.32 Å². The lowest BCUT2D eigenvalue weighted by Crippen LogP contribution is -2.23. The van der Waals surface area contributed by atoms with Crippen LogP contribution in [0.15, 0.2) is 72.4 Å². The highest BCUT2D eigenvalue weighted by Gasteiger charge is 2.23. The molecule has 0 spiro atoms. The van der Waals surface area contributed by atoms with Gasteiger partial charge in [0.15, 0.2) is 0 Å². The van der Waals surface area contributed by atoms with Gasteiger partial charge >= 0.3 is 0 Å². The van der Waals surface area contributed by atoms with E-state index in [9.17, 15) is 0 Å². The lowest BCUT2D eigenvalue weighted by atomic mass is 9.81. The Morgan fingerprint density at radius 1 is 0.870 bits per heavy atom. The van der Waals surface area contributed by atoms with Crippen molar-refractivity contribution in [3.05, 3.63) is 89.1 Å². The second-order valence-electron chi connectivity index (χ2n) is 7.26. The summed E-state index contributed by atoms with van der Waals surface area (Å²) < 4.78 is 0. The normalized spacial score (nSPS) is 18.0. The topological polar surface area (TPSA) is 12.0 Å². The van der Waals surface area contributed by atoms with Gasteiger partial charge in [-0.2, -0.15) is 0 Å².